The first-order valence-corrected chi connectivity index (χ1v) is 10.0. The molecule has 1 aromatic rings. The highest BCUT2D eigenvalue weighted by atomic mass is 16.5. The van der Waals surface area contributed by atoms with Crippen LogP contribution in [0.4, 0.5) is 0 Å². The van der Waals surface area contributed by atoms with Crippen LogP contribution in [0, 0.1) is 0 Å². The van der Waals surface area contributed by atoms with Gasteiger partial charge in [-0.2, -0.15) is 0 Å². The molecule has 29 heavy (non-hydrogen) atoms. The Hall–Kier alpha value is -2.49. The standard InChI is InChI=1S/C20H31N7O2/c1-16(27-8-10-29-11-9-27)23-15-25(2)24-20(28)19-12-17(5-6-22-19)13-26-7-3-4-18(21)14-26/h5-6,12,15,18H,1,3-4,7-11,13-14,21H2,2H3,(H,24,28)/t18-/m1/s1. The number of ether oxygens (including phenoxy) is 1. The number of nitrogens with zero attached hydrogens (tertiary/aromatic N) is 5. The third-order valence-electron chi connectivity index (χ3n) is 5.04. The molecule has 0 saturated carbocycles. The van der Waals surface area contributed by atoms with E-state index in [1.165, 1.54) is 11.3 Å². The molecular formula is C20H31N7O2. The van der Waals surface area contributed by atoms with Gasteiger partial charge in [-0.05, 0) is 37.1 Å². The number of carbonyl (C=O) groups is 1. The van der Waals surface area contributed by atoms with E-state index in [0.717, 1.165) is 51.1 Å². The van der Waals surface area contributed by atoms with Gasteiger partial charge in [-0.15, -0.1) is 0 Å². The lowest BCUT2D eigenvalue weighted by Crippen LogP contribution is -2.42. The third kappa shape index (κ3) is 6.52. The molecule has 0 spiro atoms. The Bertz CT molecular complexity index is 733. The van der Waals surface area contributed by atoms with Crippen LogP contribution in [0.15, 0.2) is 35.7 Å². The van der Waals surface area contributed by atoms with Gasteiger partial charge in [-0.25, -0.2) is 4.99 Å². The summed E-state index contributed by atoms with van der Waals surface area (Å²) >= 11 is 0. The van der Waals surface area contributed by atoms with E-state index in [2.05, 4.69) is 26.9 Å². The minimum atomic E-state index is -0.284. The average molecular weight is 402 g/mol. The monoisotopic (exact) mass is 401 g/mol. The molecule has 3 N–H and O–H groups in total. The largest absolute Gasteiger partial charge is 0.378 e. The normalized spacial score (nSPS) is 20.6. The molecule has 158 valence electrons. The van der Waals surface area contributed by atoms with Crippen LogP contribution in [0.1, 0.15) is 28.9 Å². The van der Waals surface area contributed by atoms with Gasteiger partial charge in [0.1, 0.15) is 17.9 Å². The van der Waals surface area contributed by atoms with Gasteiger partial charge in [0.15, 0.2) is 0 Å². The molecule has 2 fully saturated rings. The summed E-state index contributed by atoms with van der Waals surface area (Å²) in [5.41, 5.74) is 10.2. The number of aromatic nitrogens is 1. The van der Waals surface area contributed by atoms with Crippen molar-refractivity contribution in [3.8, 4) is 0 Å². The lowest BCUT2D eigenvalue weighted by atomic mass is 10.1. The molecule has 0 aromatic carbocycles. The van der Waals surface area contributed by atoms with Crippen LogP contribution < -0.4 is 11.2 Å². The van der Waals surface area contributed by atoms with E-state index in [-0.39, 0.29) is 11.9 Å². The fourth-order valence-corrected chi connectivity index (χ4v) is 3.49. The second-order valence-electron chi connectivity index (χ2n) is 7.50. The van der Waals surface area contributed by atoms with Crippen LogP contribution in [0.2, 0.25) is 0 Å². The molecule has 0 aliphatic carbocycles. The van der Waals surface area contributed by atoms with Gasteiger partial charge < -0.3 is 15.4 Å². The number of aliphatic imine (C=N–C) groups is 1. The summed E-state index contributed by atoms with van der Waals surface area (Å²) in [5, 5.41) is 1.51. The van der Waals surface area contributed by atoms with Crippen molar-refractivity contribution in [2.75, 3.05) is 46.4 Å². The molecule has 9 nitrogen and oxygen atoms in total. The van der Waals surface area contributed by atoms with Crippen molar-refractivity contribution >= 4 is 12.2 Å². The summed E-state index contributed by atoms with van der Waals surface area (Å²) in [6.45, 7) is 9.54. The zero-order chi connectivity index (χ0) is 20.6. The number of hydrazine groups is 1. The molecule has 9 heteroatoms. The van der Waals surface area contributed by atoms with Crippen LogP contribution >= 0.6 is 0 Å². The van der Waals surface area contributed by atoms with Crippen molar-refractivity contribution in [3.63, 3.8) is 0 Å². The second-order valence-corrected chi connectivity index (χ2v) is 7.50. The van der Waals surface area contributed by atoms with Gasteiger partial charge in [0.25, 0.3) is 5.91 Å². The summed E-state index contributed by atoms with van der Waals surface area (Å²) < 4.78 is 5.32. The number of rotatable bonds is 7. The number of nitrogens with two attached hydrogens (primary N) is 1. The Morgan fingerprint density at radius 2 is 2.28 bits per heavy atom. The maximum atomic E-state index is 12.5. The first kappa shape index (κ1) is 21.2. The number of morpholine rings is 1. The summed E-state index contributed by atoms with van der Waals surface area (Å²) in [6.07, 6.45) is 5.39. The van der Waals surface area contributed by atoms with E-state index in [1.54, 1.807) is 13.2 Å². The molecule has 2 aliphatic heterocycles. The summed E-state index contributed by atoms with van der Waals surface area (Å²) in [7, 11) is 1.72. The highest BCUT2D eigenvalue weighted by Gasteiger charge is 2.17. The van der Waals surface area contributed by atoms with Gasteiger partial charge in [-0.1, -0.05) is 6.58 Å². The van der Waals surface area contributed by atoms with Crippen molar-refractivity contribution in [1.82, 2.24) is 25.2 Å². The minimum absolute atomic E-state index is 0.230. The Labute approximate surface area is 172 Å². The minimum Gasteiger partial charge on any atom is -0.378 e. The van der Waals surface area contributed by atoms with E-state index < -0.39 is 0 Å². The highest BCUT2D eigenvalue weighted by Crippen LogP contribution is 2.13. The van der Waals surface area contributed by atoms with Crippen LogP contribution in [-0.2, 0) is 11.3 Å². The van der Waals surface area contributed by atoms with Gasteiger partial charge in [0, 0.05) is 45.5 Å². The van der Waals surface area contributed by atoms with Crippen molar-refractivity contribution in [2.24, 2.45) is 10.7 Å². The maximum absolute atomic E-state index is 12.5. The summed E-state index contributed by atoms with van der Waals surface area (Å²) in [6, 6.07) is 4.00. The number of hydrogen-bond donors (Lipinski definition) is 2. The Balaban J connectivity index is 1.51. The topological polar surface area (TPSA) is 99.3 Å². The fraction of sp³-hybridized carbons (Fsp3) is 0.550. The predicted octanol–water partition coefficient (Wildman–Crippen LogP) is 0.413. The van der Waals surface area contributed by atoms with Gasteiger partial charge >= 0.3 is 0 Å². The number of piperidine rings is 1. The lowest BCUT2D eigenvalue weighted by molar-refractivity contribution is 0.0533. The molecule has 2 aliphatic rings. The summed E-state index contributed by atoms with van der Waals surface area (Å²) in [4.78, 5) is 25.4. The van der Waals surface area contributed by atoms with E-state index in [0.29, 0.717) is 24.7 Å². The van der Waals surface area contributed by atoms with Crippen molar-refractivity contribution in [3.05, 3.63) is 42.0 Å². The number of hydrogen-bond acceptors (Lipinski definition) is 7. The first-order chi connectivity index (χ1) is 14.0. The first-order valence-electron chi connectivity index (χ1n) is 10.0. The Morgan fingerprint density at radius 1 is 1.48 bits per heavy atom. The zero-order valence-electron chi connectivity index (χ0n) is 17.1. The second kappa shape index (κ2) is 10.3. The SMILES string of the molecule is C=C(N=CN(C)NC(=O)c1cc(CN2CCC[C@@H](N)C2)ccn1)N1CCOCC1. The molecule has 1 atom stereocenters. The summed E-state index contributed by atoms with van der Waals surface area (Å²) in [5.74, 6) is 0.363. The molecule has 2 saturated heterocycles. The van der Waals surface area contributed by atoms with Crippen molar-refractivity contribution in [2.45, 2.75) is 25.4 Å². The van der Waals surface area contributed by atoms with Gasteiger partial charge in [0.2, 0.25) is 0 Å². The van der Waals surface area contributed by atoms with Crippen LogP contribution in [0.3, 0.4) is 0 Å². The number of likely N-dealkylation sites (tertiary alicyclic amines) is 1. The number of nitrogens with one attached hydrogen (secondary N) is 1. The molecule has 0 radical (unpaired) electrons. The van der Waals surface area contributed by atoms with Gasteiger partial charge in [0.05, 0.1) is 13.2 Å². The van der Waals surface area contributed by atoms with Crippen molar-refractivity contribution < 1.29 is 9.53 Å². The smallest absolute Gasteiger partial charge is 0.288 e. The van der Waals surface area contributed by atoms with E-state index in [1.807, 2.05) is 17.0 Å². The van der Waals surface area contributed by atoms with Crippen molar-refractivity contribution in [1.29, 1.82) is 0 Å². The molecule has 1 aromatic heterocycles. The van der Waals surface area contributed by atoms with Gasteiger partial charge in [-0.3, -0.25) is 25.1 Å². The molecule has 0 bridgehead atoms. The third-order valence-corrected chi connectivity index (χ3v) is 5.04. The quantitative estimate of drug-likeness (QED) is 0.388. The van der Waals surface area contributed by atoms with E-state index in [4.69, 9.17) is 10.5 Å². The number of pyridine rings is 1. The van der Waals surface area contributed by atoms with Crippen LogP contribution in [0.25, 0.3) is 0 Å². The molecule has 1 amide bonds. The van der Waals surface area contributed by atoms with Crippen LogP contribution in [0.5, 0.6) is 0 Å². The predicted molar refractivity (Wildman–Crippen MR) is 112 cm³/mol. The number of amides is 1. The molecule has 0 unspecified atom stereocenters. The number of carbonyl (C=O) groups excluding carboxylic acids is 1. The Kier molecular flexibility index (Phi) is 7.56. The Morgan fingerprint density at radius 3 is 3.03 bits per heavy atom. The van der Waals surface area contributed by atoms with E-state index in [9.17, 15) is 4.79 Å². The fourth-order valence-electron chi connectivity index (χ4n) is 3.49. The molecular weight excluding hydrogens is 370 g/mol. The lowest BCUT2D eigenvalue weighted by Gasteiger charge is -2.30. The van der Waals surface area contributed by atoms with E-state index >= 15 is 0 Å². The molecule has 3 heterocycles. The average Bonchev–Trinajstić information content (AvgIpc) is 2.73. The zero-order valence-corrected chi connectivity index (χ0v) is 17.1. The maximum Gasteiger partial charge on any atom is 0.288 e. The highest BCUT2D eigenvalue weighted by molar-refractivity contribution is 5.92. The molecule has 3 rings (SSSR count). The van der Waals surface area contributed by atoms with Crippen LogP contribution in [-0.4, -0.2) is 84.5 Å².